The standard InChI is InChI=1S/C20H26N4O4/c1-5-16(6-2)24-12(3)11-17(23-24)19(26)22-15-9-7-14(8-10-15)18(25)21-13(4)20(27)28/h7-11,13,16H,5-6H2,1-4H3,(H,21,25)(H,22,26)(H,27,28). The molecule has 0 fully saturated rings. The minimum Gasteiger partial charge on any atom is -0.480 e. The monoisotopic (exact) mass is 386 g/mol. The summed E-state index contributed by atoms with van der Waals surface area (Å²) in [7, 11) is 0. The van der Waals surface area contributed by atoms with Gasteiger partial charge in [0, 0.05) is 16.9 Å². The van der Waals surface area contributed by atoms with Crippen LogP contribution in [-0.4, -0.2) is 38.7 Å². The quantitative estimate of drug-likeness (QED) is 0.645. The topological polar surface area (TPSA) is 113 Å². The molecule has 2 aromatic rings. The summed E-state index contributed by atoms with van der Waals surface area (Å²) >= 11 is 0. The maximum atomic E-state index is 12.5. The first kappa shape index (κ1) is 21.1. The van der Waals surface area contributed by atoms with Crippen LogP contribution >= 0.6 is 0 Å². The lowest BCUT2D eigenvalue weighted by atomic mass is 10.1. The Morgan fingerprint density at radius 3 is 2.25 bits per heavy atom. The molecule has 28 heavy (non-hydrogen) atoms. The molecule has 1 aromatic carbocycles. The van der Waals surface area contributed by atoms with Gasteiger partial charge in [-0.25, -0.2) is 0 Å². The number of anilines is 1. The largest absolute Gasteiger partial charge is 0.480 e. The highest BCUT2D eigenvalue weighted by Gasteiger charge is 2.17. The summed E-state index contributed by atoms with van der Waals surface area (Å²) in [4.78, 5) is 35.3. The van der Waals surface area contributed by atoms with E-state index in [1.54, 1.807) is 18.2 Å². The van der Waals surface area contributed by atoms with Gasteiger partial charge in [0.15, 0.2) is 5.69 Å². The van der Waals surface area contributed by atoms with Gasteiger partial charge in [-0.2, -0.15) is 5.10 Å². The molecule has 1 unspecified atom stereocenters. The number of nitrogens with one attached hydrogen (secondary N) is 2. The first-order valence-electron chi connectivity index (χ1n) is 9.28. The molecule has 0 aliphatic heterocycles. The number of rotatable bonds is 8. The number of amides is 2. The minimum absolute atomic E-state index is 0.257. The van der Waals surface area contributed by atoms with Crippen LogP contribution < -0.4 is 10.6 Å². The van der Waals surface area contributed by atoms with Gasteiger partial charge >= 0.3 is 5.97 Å². The van der Waals surface area contributed by atoms with Gasteiger partial charge in [-0.15, -0.1) is 0 Å². The van der Waals surface area contributed by atoms with E-state index in [1.807, 2.05) is 11.6 Å². The molecule has 3 N–H and O–H groups in total. The molecular weight excluding hydrogens is 360 g/mol. The van der Waals surface area contributed by atoms with E-state index < -0.39 is 17.9 Å². The molecule has 8 nitrogen and oxygen atoms in total. The Morgan fingerprint density at radius 2 is 1.71 bits per heavy atom. The van der Waals surface area contributed by atoms with E-state index in [4.69, 9.17) is 5.11 Å². The van der Waals surface area contributed by atoms with Crippen molar-refractivity contribution in [2.24, 2.45) is 0 Å². The molecule has 0 aliphatic rings. The van der Waals surface area contributed by atoms with Gasteiger partial charge in [-0.05, 0) is 57.0 Å². The SMILES string of the molecule is CCC(CC)n1nc(C(=O)Nc2ccc(C(=O)NC(C)C(=O)O)cc2)cc1C. The molecule has 1 atom stereocenters. The van der Waals surface area contributed by atoms with Crippen molar-refractivity contribution in [2.45, 2.75) is 52.6 Å². The highest BCUT2D eigenvalue weighted by molar-refractivity contribution is 6.03. The van der Waals surface area contributed by atoms with E-state index in [1.165, 1.54) is 19.1 Å². The molecule has 1 aromatic heterocycles. The van der Waals surface area contributed by atoms with Crippen LogP contribution in [0.1, 0.15) is 66.2 Å². The first-order valence-corrected chi connectivity index (χ1v) is 9.28. The van der Waals surface area contributed by atoms with E-state index >= 15 is 0 Å². The smallest absolute Gasteiger partial charge is 0.325 e. The second-order valence-corrected chi connectivity index (χ2v) is 6.65. The Labute approximate surface area is 163 Å². The number of carbonyl (C=O) groups is 3. The van der Waals surface area contributed by atoms with Crippen LogP contribution in [0.25, 0.3) is 0 Å². The van der Waals surface area contributed by atoms with E-state index in [2.05, 4.69) is 29.6 Å². The number of carboxylic acid groups (broad SMARTS) is 1. The van der Waals surface area contributed by atoms with Crippen LogP contribution in [0.4, 0.5) is 5.69 Å². The molecule has 2 rings (SSSR count). The van der Waals surface area contributed by atoms with Crippen molar-refractivity contribution in [2.75, 3.05) is 5.32 Å². The van der Waals surface area contributed by atoms with Gasteiger partial charge in [0.2, 0.25) is 0 Å². The Kier molecular flexibility index (Phi) is 6.92. The van der Waals surface area contributed by atoms with Crippen molar-refractivity contribution in [3.8, 4) is 0 Å². The van der Waals surface area contributed by atoms with Crippen LogP contribution in [-0.2, 0) is 4.79 Å². The number of hydrogen-bond donors (Lipinski definition) is 3. The molecule has 8 heteroatoms. The second kappa shape index (κ2) is 9.16. The highest BCUT2D eigenvalue weighted by Crippen LogP contribution is 2.19. The van der Waals surface area contributed by atoms with Crippen molar-refractivity contribution in [3.63, 3.8) is 0 Å². The van der Waals surface area contributed by atoms with Crippen molar-refractivity contribution in [3.05, 3.63) is 47.3 Å². The van der Waals surface area contributed by atoms with Gasteiger partial charge in [-0.1, -0.05) is 13.8 Å². The lowest BCUT2D eigenvalue weighted by Gasteiger charge is -2.14. The van der Waals surface area contributed by atoms with Gasteiger partial charge < -0.3 is 15.7 Å². The summed E-state index contributed by atoms with van der Waals surface area (Å²) in [5.41, 5.74) is 2.09. The van der Waals surface area contributed by atoms with Crippen LogP contribution in [0.2, 0.25) is 0 Å². The Balaban J connectivity index is 2.06. The van der Waals surface area contributed by atoms with E-state index in [9.17, 15) is 14.4 Å². The third-order valence-corrected chi connectivity index (χ3v) is 4.57. The highest BCUT2D eigenvalue weighted by atomic mass is 16.4. The van der Waals surface area contributed by atoms with E-state index in [-0.39, 0.29) is 11.9 Å². The van der Waals surface area contributed by atoms with Crippen molar-refractivity contribution >= 4 is 23.5 Å². The fourth-order valence-corrected chi connectivity index (χ4v) is 2.84. The van der Waals surface area contributed by atoms with Gasteiger partial charge in [-0.3, -0.25) is 19.1 Å². The average molecular weight is 386 g/mol. The molecule has 0 spiro atoms. The first-order chi connectivity index (χ1) is 13.3. The summed E-state index contributed by atoms with van der Waals surface area (Å²) < 4.78 is 1.88. The Hall–Kier alpha value is -3.16. The van der Waals surface area contributed by atoms with Gasteiger partial charge in [0.05, 0.1) is 6.04 Å². The fraction of sp³-hybridized carbons (Fsp3) is 0.400. The molecule has 150 valence electrons. The zero-order chi connectivity index (χ0) is 20.8. The number of benzene rings is 1. The fourth-order valence-electron chi connectivity index (χ4n) is 2.84. The zero-order valence-corrected chi connectivity index (χ0v) is 16.5. The third-order valence-electron chi connectivity index (χ3n) is 4.57. The zero-order valence-electron chi connectivity index (χ0n) is 16.5. The van der Waals surface area contributed by atoms with Crippen molar-refractivity contribution in [1.29, 1.82) is 0 Å². The summed E-state index contributed by atoms with van der Waals surface area (Å²) in [5, 5.41) is 18.4. The minimum atomic E-state index is -1.11. The predicted octanol–water partition coefficient (Wildman–Crippen LogP) is 3.01. The number of carbonyl (C=O) groups excluding carboxylic acids is 2. The van der Waals surface area contributed by atoms with Crippen LogP contribution in [0.15, 0.2) is 30.3 Å². The summed E-state index contributed by atoms with van der Waals surface area (Å²) in [6.45, 7) is 7.49. The Morgan fingerprint density at radius 1 is 1.11 bits per heavy atom. The Bertz CT molecular complexity index is 854. The number of aromatic nitrogens is 2. The lowest BCUT2D eigenvalue weighted by Crippen LogP contribution is -2.38. The molecule has 0 aliphatic carbocycles. The summed E-state index contributed by atoms with van der Waals surface area (Å²) in [6.07, 6.45) is 1.87. The molecule has 0 saturated heterocycles. The number of nitrogens with zero attached hydrogens (tertiary/aromatic N) is 2. The number of carboxylic acids is 1. The van der Waals surface area contributed by atoms with Gasteiger partial charge in [0.25, 0.3) is 11.8 Å². The maximum Gasteiger partial charge on any atom is 0.325 e. The summed E-state index contributed by atoms with van der Waals surface area (Å²) in [5.74, 6) is -1.93. The second-order valence-electron chi connectivity index (χ2n) is 6.65. The van der Waals surface area contributed by atoms with Crippen molar-refractivity contribution in [1.82, 2.24) is 15.1 Å². The normalized spacial score (nSPS) is 11.9. The number of hydrogen-bond acceptors (Lipinski definition) is 4. The van der Waals surface area contributed by atoms with Gasteiger partial charge in [0.1, 0.15) is 6.04 Å². The predicted molar refractivity (Wildman–Crippen MR) is 106 cm³/mol. The third kappa shape index (κ3) is 4.97. The van der Waals surface area contributed by atoms with Crippen LogP contribution in [0.3, 0.4) is 0 Å². The van der Waals surface area contributed by atoms with Crippen LogP contribution in [0, 0.1) is 6.92 Å². The van der Waals surface area contributed by atoms with E-state index in [0.29, 0.717) is 16.9 Å². The lowest BCUT2D eigenvalue weighted by molar-refractivity contribution is -0.138. The van der Waals surface area contributed by atoms with Crippen LogP contribution in [0.5, 0.6) is 0 Å². The average Bonchev–Trinajstić information content (AvgIpc) is 3.05. The van der Waals surface area contributed by atoms with Crippen molar-refractivity contribution < 1.29 is 19.5 Å². The molecule has 0 radical (unpaired) electrons. The maximum absolute atomic E-state index is 12.5. The number of aliphatic carboxylic acids is 1. The summed E-state index contributed by atoms with van der Waals surface area (Å²) in [6, 6.07) is 7.24. The molecule has 0 bridgehead atoms. The number of aryl methyl sites for hydroxylation is 1. The molecular formula is C20H26N4O4. The molecule has 0 saturated carbocycles. The van der Waals surface area contributed by atoms with E-state index in [0.717, 1.165) is 18.5 Å². The molecule has 2 amide bonds. The molecule has 1 heterocycles.